The highest BCUT2D eigenvalue weighted by Gasteiger charge is 2.29. The minimum absolute atomic E-state index is 0.243. The van der Waals surface area contributed by atoms with Crippen LogP contribution in [0.3, 0.4) is 0 Å². The Bertz CT molecular complexity index is 965. The largest absolute Gasteiger partial charge is 0.494 e. The van der Waals surface area contributed by atoms with Crippen LogP contribution < -0.4 is 10.1 Å². The molecule has 0 aliphatic heterocycles. The van der Waals surface area contributed by atoms with Crippen molar-refractivity contribution in [1.29, 1.82) is 0 Å². The van der Waals surface area contributed by atoms with Crippen LogP contribution in [0.25, 0.3) is 10.2 Å². The number of anilines is 1. The Labute approximate surface area is 152 Å². The monoisotopic (exact) mass is 375 g/mol. The lowest BCUT2D eigenvalue weighted by atomic mass is 10.2. The van der Waals surface area contributed by atoms with E-state index in [0.29, 0.717) is 41.5 Å². The van der Waals surface area contributed by atoms with Gasteiger partial charge in [-0.3, -0.25) is 25.3 Å². The number of nitrogens with one attached hydrogen (secondary N) is 2. The maximum Gasteiger partial charge on any atom is 0.322 e. The zero-order chi connectivity index (χ0) is 18.7. The Morgan fingerprint density at radius 1 is 1.42 bits per heavy atom. The number of benzene rings is 1. The van der Waals surface area contributed by atoms with Crippen LogP contribution in [0.15, 0.2) is 18.2 Å². The SMILES string of the molecule is CCCc1[nH]nc(C(=O)Nc2nc3ccc(OCC)cc3s2)c1[N+](=O)[O-]. The maximum absolute atomic E-state index is 12.4. The molecule has 0 saturated carbocycles. The molecule has 0 bridgehead atoms. The second-order valence-electron chi connectivity index (χ2n) is 5.44. The molecule has 10 heteroatoms. The first kappa shape index (κ1) is 17.8. The Morgan fingerprint density at radius 3 is 2.92 bits per heavy atom. The number of aryl methyl sites for hydroxylation is 1. The van der Waals surface area contributed by atoms with Crippen molar-refractivity contribution < 1.29 is 14.5 Å². The number of carbonyl (C=O) groups excluding carboxylic acids is 1. The molecule has 2 heterocycles. The van der Waals surface area contributed by atoms with Gasteiger partial charge in [-0.15, -0.1) is 0 Å². The first-order chi connectivity index (χ1) is 12.5. The Hall–Kier alpha value is -3.01. The Kier molecular flexibility index (Phi) is 5.12. The van der Waals surface area contributed by atoms with E-state index in [1.54, 1.807) is 12.1 Å². The van der Waals surface area contributed by atoms with Gasteiger partial charge in [-0.2, -0.15) is 5.10 Å². The van der Waals surface area contributed by atoms with Gasteiger partial charge in [0.05, 0.1) is 21.7 Å². The molecule has 9 nitrogen and oxygen atoms in total. The molecule has 3 rings (SSSR count). The number of fused-ring (bicyclic) bond motifs is 1. The van der Waals surface area contributed by atoms with Gasteiger partial charge in [-0.05, 0) is 31.5 Å². The molecule has 0 radical (unpaired) electrons. The van der Waals surface area contributed by atoms with Gasteiger partial charge in [-0.25, -0.2) is 4.98 Å². The van der Waals surface area contributed by atoms with Gasteiger partial charge in [-0.1, -0.05) is 24.7 Å². The molecule has 1 aromatic carbocycles. The molecule has 0 saturated heterocycles. The van der Waals surface area contributed by atoms with Crippen LogP contribution >= 0.6 is 11.3 Å². The molecule has 0 aliphatic rings. The standard InChI is InChI=1S/C16H17N5O4S/c1-3-5-11-14(21(23)24)13(20-19-11)15(22)18-16-17-10-7-6-9(25-4-2)8-12(10)26-16/h6-8H,3-5H2,1-2H3,(H,19,20)(H,17,18,22). The summed E-state index contributed by atoms with van der Waals surface area (Å²) in [6.45, 7) is 4.34. The predicted molar refractivity (Wildman–Crippen MR) is 98.0 cm³/mol. The van der Waals surface area contributed by atoms with Gasteiger partial charge in [0.25, 0.3) is 5.91 Å². The van der Waals surface area contributed by atoms with Gasteiger partial charge in [0.1, 0.15) is 11.4 Å². The van der Waals surface area contributed by atoms with Gasteiger partial charge in [0.15, 0.2) is 5.13 Å². The topological polar surface area (TPSA) is 123 Å². The molecule has 136 valence electrons. The van der Waals surface area contributed by atoms with Crippen LogP contribution in [0.4, 0.5) is 10.8 Å². The molecule has 0 fully saturated rings. The second-order valence-corrected chi connectivity index (χ2v) is 6.47. The van der Waals surface area contributed by atoms with E-state index in [-0.39, 0.29) is 11.4 Å². The Morgan fingerprint density at radius 2 is 2.23 bits per heavy atom. The van der Waals surface area contributed by atoms with Gasteiger partial charge >= 0.3 is 5.69 Å². The van der Waals surface area contributed by atoms with E-state index < -0.39 is 10.8 Å². The van der Waals surface area contributed by atoms with Crippen LogP contribution in [0.5, 0.6) is 5.75 Å². The normalized spacial score (nSPS) is 10.8. The van der Waals surface area contributed by atoms with E-state index in [1.165, 1.54) is 11.3 Å². The predicted octanol–water partition coefficient (Wildman–Crippen LogP) is 3.53. The number of amides is 1. The van der Waals surface area contributed by atoms with Crippen LogP contribution in [0.2, 0.25) is 0 Å². The molecular weight excluding hydrogens is 358 g/mol. The summed E-state index contributed by atoms with van der Waals surface area (Å²) in [6, 6.07) is 5.43. The molecule has 26 heavy (non-hydrogen) atoms. The number of ether oxygens (including phenoxy) is 1. The lowest BCUT2D eigenvalue weighted by Crippen LogP contribution is -2.14. The number of rotatable bonds is 7. The first-order valence-electron chi connectivity index (χ1n) is 8.09. The second kappa shape index (κ2) is 7.48. The number of H-pyrrole nitrogens is 1. The summed E-state index contributed by atoms with van der Waals surface area (Å²) >= 11 is 1.26. The summed E-state index contributed by atoms with van der Waals surface area (Å²) in [5, 5.41) is 20.7. The number of thiazole rings is 1. The highest BCUT2D eigenvalue weighted by Crippen LogP contribution is 2.30. The minimum atomic E-state index is -0.667. The number of aromatic amines is 1. The molecular formula is C16H17N5O4S. The summed E-state index contributed by atoms with van der Waals surface area (Å²) < 4.78 is 6.29. The third kappa shape index (κ3) is 3.49. The summed E-state index contributed by atoms with van der Waals surface area (Å²) in [6.07, 6.45) is 1.14. The van der Waals surface area contributed by atoms with E-state index >= 15 is 0 Å². The molecule has 2 N–H and O–H groups in total. The zero-order valence-electron chi connectivity index (χ0n) is 14.2. The molecule has 3 aromatic rings. The third-order valence-electron chi connectivity index (χ3n) is 3.60. The summed E-state index contributed by atoms with van der Waals surface area (Å²) in [5.74, 6) is 0.0491. The molecule has 0 spiro atoms. The van der Waals surface area contributed by atoms with E-state index in [4.69, 9.17) is 4.74 Å². The highest BCUT2D eigenvalue weighted by molar-refractivity contribution is 7.22. The molecule has 0 unspecified atom stereocenters. The number of nitro groups is 1. The van der Waals surface area contributed by atoms with Gasteiger partial charge < -0.3 is 4.74 Å². The number of aromatic nitrogens is 3. The number of hydrogen-bond acceptors (Lipinski definition) is 7. The van der Waals surface area contributed by atoms with Crippen molar-refractivity contribution in [1.82, 2.24) is 15.2 Å². The van der Waals surface area contributed by atoms with Crippen molar-refractivity contribution in [2.45, 2.75) is 26.7 Å². The van der Waals surface area contributed by atoms with Crippen molar-refractivity contribution in [2.24, 2.45) is 0 Å². The highest BCUT2D eigenvalue weighted by atomic mass is 32.1. The quantitative estimate of drug-likeness (QED) is 0.481. The average Bonchev–Trinajstić information content (AvgIpc) is 3.18. The van der Waals surface area contributed by atoms with Crippen molar-refractivity contribution in [2.75, 3.05) is 11.9 Å². The van der Waals surface area contributed by atoms with Crippen molar-refractivity contribution in [3.8, 4) is 5.75 Å². The average molecular weight is 375 g/mol. The molecule has 1 amide bonds. The fourth-order valence-corrected chi connectivity index (χ4v) is 3.41. The summed E-state index contributed by atoms with van der Waals surface area (Å²) in [4.78, 5) is 27.5. The van der Waals surface area contributed by atoms with Crippen molar-refractivity contribution in [3.05, 3.63) is 39.7 Å². The number of carbonyl (C=O) groups is 1. The van der Waals surface area contributed by atoms with E-state index in [2.05, 4.69) is 20.5 Å². The van der Waals surface area contributed by atoms with Crippen LogP contribution in [0, 0.1) is 10.1 Å². The molecule has 0 aliphatic carbocycles. The van der Waals surface area contributed by atoms with E-state index in [9.17, 15) is 14.9 Å². The smallest absolute Gasteiger partial charge is 0.322 e. The maximum atomic E-state index is 12.4. The number of hydrogen-bond donors (Lipinski definition) is 2. The van der Waals surface area contributed by atoms with E-state index in [1.807, 2.05) is 19.9 Å². The van der Waals surface area contributed by atoms with Crippen molar-refractivity contribution in [3.63, 3.8) is 0 Å². The first-order valence-corrected chi connectivity index (χ1v) is 8.91. The zero-order valence-corrected chi connectivity index (χ0v) is 15.1. The van der Waals surface area contributed by atoms with Crippen LogP contribution in [-0.4, -0.2) is 32.6 Å². The van der Waals surface area contributed by atoms with Gasteiger partial charge in [0, 0.05) is 0 Å². The van der Waals surface area contributed by atoms with Crippen LogP contribution in [0.1, 0.15) is 36.5 Å². The number of nitrogens with zero attached hydrogens (tertiary/aromatic N) is 3. The van der Waals surface area contributed by atoms with Crippen LogP contribution in [-0.2, 0) is 6.42 Å². The summed E-state index contributed by atoms with van der Waals surface area (Å²) in [5.41, 5.74) is 0.516. The van der Waals surface area contributed by atoms with Gasteiger partial charge in [0.2, 0.25) is 5.69 Å². The molecule has 0 atom stereocenters. The fraction of sp³-hybridized carbons (Fsp3) is 0.312. The van der Waals surface area contributed by atoms with E-state index in [0.717, 1.165) is 4.70 Å². The fourth-order valence-electron chi connectivity index (χ4n) is 2.52. The van der Waals surface area contributed by atoms with Crippen molar-refractivity contribution >= 4 is 38.3 Å². The lowest BCUT2D eigenvalue weighted by molar-refractivity contribution is -0.385. The summed E-state index contributed by atoms with van der Waals surface area (Å²) in [7, 11) is 0. The molecule has 2 aromatic heterocycles. The Balaban J connectivity index is 1.86. The third-order valence-corrected chi connectivity index (χ3v) is 4.54. The minimum Gasteiger partial charge on any atom is -0.494 e. The lowest BCUT2D eigenvalue weighted by Gasteiger charge is -2.00.